The van der Waals surface area contributed by atoms with E-state index in [-0.39, 0.29) is 11.8 Å². The molecule has 0 radical (unpaired) electrons. The minimum atomic E-state index is -0.939. The maximum Gasteiger partial charge on any atom is 0.336 e. The molecule has 2 fully saturated rings. The van der Waals surface area contributed by atoms with Crippen molar-refractivity contribution in [3.8, 4) is 0 Å². The molecule has 0 saturated heterocycles. The van der Waals surface area contributed by atoms with Gasteiger partial charge in [-0.2, -0.15) is 0 Å². The topological polar surface area (TPSA) is 46.5 Å². The van der Waals surface area contributed by atoms with Crippen molar-refractivity contribution in [1.82, 2.24) is 0 Å². The number of hydrogen-bond acceptors (Lipinski definition) is 2. The Morgan fingerprint density at radius 3 is 2.05 bits per heavy atom. The third-order valence-corrected chi connectivity index (χ3v) is 6.14. The van der Waals surface area contributed by atoms with Crippen LogP contribution in [0.2, 0.25) is 0 Å². The Hall–Kier alpha value is -0.570. The highest BCUT2D eigenvalue weighted by Crippen LogP contribution is 2.47. The first-order valence-corrected chi connectivity index (χ1v) is 9.54. The quantitative estimate of drug-likeness (QED) is 0.717. The van der Waals surface area contributed by atoms with Crippen LogP contribution in [0.25, 0.3) is 0 Å². The molecule has 0 aliphatic heterocycles. The lowest BCUT2D eigenvalue weighted by atomic mass is 9.63. The molecule has 128 valence electrons. The normalized spacial score (nSPS) is 25.5. The smallest absolute Gasteiger partial charge is 0.336 e. The largest absolute Gasteiger partial charge is 0.479 e. The van der Waals surface area contributed by atoms with Crippen LogP contribution in [0.5, 0.6) is 0 Å². The van der Waals surface area contributed by atoms with E-state index >= 15 is 0 Å². The second kappa shape index (κ2) is 8.33. The van der Waals surface area contributed by atoms with Gasteiger partial charge in [-0.05, 0) is 38.0 Å². The summed E-state index contributed by atoms with van der Waals surface area (Å²) in [7, 11) is 0. The van der Waals surface area contributed by atoms with Gasteiger partial charge in [-0.15, -0.1) is 0 Å². The highest BCUT2D eigenvalue weighted by molar-refractivity contribution is 5.78. The molecule has 0 aromatic heterocycles. The van der Waals surface area contributed by atoms with Gasteiger partial charge >= 0.3 is 5.97 Å². The molecule has 0 heterocycles. The van der Waals surface area contributed by atoms with Gasteiger partial charge in [0, 0.05) is 12.5 Å². The summed E-state index contributed by atoms with van der Waals surface area (Å²) in [5, 5.41) is 10.2. The molecule has 0 aromatic rings. The molecule has 2 atom stereocenters. The van der Waals surface area contributed by atoms with E-state index in [1.54, 1.807) is 0 Å². The third kappa shape index (κ3) is 3.50. The monoisotopic (exact) mass is 310 g/mol. The lowest BCUT2D eigenvalue weighted by Gasteiger charge is -2.47. The van der Waals surface area contributed by atoms with Gasteiger partial charge in [0.05, 0.1) is 0 Å². The zero-order valence-electron chi connectivity index (χ0n) is 14.5. The molecule has 3 heteroatoms. The van der Waals surface area contributed by atoms with Crippen molar-refractivity contribution in [2.24, 2.45) is 17.8 Å². The van der Waals surface area contributed by atoms with Crippen LogP contribution < -0.4 is 0 Å². The molecule has 0 bridgehead atoms. The second-order valence-corrected chi connectivity index (χ2v) is 7.28. The van der Waals surface area contributed by atoms with Crippen molar-refractivity contribution in [2.75, 3.05) is 6.61 Å². The maximum atomic E-state index is 12.4. The summed E-state index contributed by atoms with van der Waals surface area (Å²) in [6, 6.07) is 0. The molecule has 0 aromatic carbocycles. The van der Waals surface area contributed by atoms with Gasteiger partial charge in [-0.3, -0.25) is 0 Å². The van der Waals surface area contributed by atoms with Crippen molar-refractivity contribution < 1.29 is 14.6 Å². The fourth-order valence-electron chi connectivity index (χ4n) is 5.22. The van der Waals surface area contributed by atoms with Crippen LogP contribution in [0.1, 0.15) is 84.5 Å². The molecule has 3 nitrogen and oxygen atoms in total. The first kappa shape index (κ1) is 17.8. The predicted octanol–water partition coefficient (Wildman–Crippen LogP) is 5.03. The van der Waals surface area contributed by atoms with Gasteiger partial charge < -0.3 is 9.84 Å². The van der Waals surface area contributed by atoms with Crippen LogP contribution in [0.4, 0.5) is 0 Å². The average molecular weight is 310 g/mol. The zero-order chi connectivity index (χ0) is 16.0. The molecule has 2 aliphatic rings. The molecule has 0 amide bonds. The summed E-state index contributed by atoms with van der Waals surface area (Å²) in [5.74, 6) is 0.209. The molecule has 2 aliphatic carbocycles. The van der Waals surface area contributed by atoms with E-state index in [0.29, 0.717) is 12.5 Å². The maximum absolute atomic E-state index is 12.4. The molecular weight excluding hydrogens is 276 g/mol. The number of ether oxygens (including phenoxy) is 1. The number of aliphatic carboxylic acids is 1. The Kier molecular flexibility index (Phi) is 6.73. The van der Waals surface area contributed by atoms with E-state index < -0.39 is 11.6 Å². The van der Waals surface area contributed by atoms with Crippen molar-refractivity contribution >= 4 is 5.97 Å². The molecule has 22 heavy (non-hydrogen) atoms. The van der Waals surface area contributed by atoms with Crippen molar-refractivity contribution in [3.63, 3.8) is 0 Å². The van der Waals surface area contributed by atoms with E-state index in [9.17, 15) is 9.90 Å². The summed E-state index contributed by atoms with van der Waals surface area (Å²) < 4.78 is 6.14. The van der Waals surface area contributed by atoms with Gasteiger partial charge in [-0.1, -0.05) is 58.3 Å². The molecule has 0 spiro atoms. The Morgan fingerprint density at radius 2 is 1.59 bits per heavy atom. The minimum absolute atomic E-state index is 0.174. The van der Waals surface area contributed by atoms with E-state index in [1.165, 1.54) is 38.5 Å². The standard InChI is InChI=1S/C19H34O3/c1-3-17(15-11-7-5-8-12-15)19(18(20)21,22-4-2)16-13-9-6-10-14-16/h15-17H,3-14H2,1-2H3,(H,20,21). The Labute approximate surface area is 135 Å². The van der Waals surface area contributed by atoms with E-state index in [2.05, 4.69) is 6.92 Å². The number of hydrogen-bond donors (Lipinski definition) is 1. The van der Waals surface area contributed by atoms with Crippen LogP contribution in [0.15, 0.2) is 0 Å². The second-order valence-electron chi connectivity index (χ2n) is 7.28. The average Bonchev–Trinajstić information content (AvgIpc) is 2.56. The van der Waals surface area contributed by atoms with Crippen LogP contribution in [-0.2, 0) is 9.53 Å². The first-order valence-electron chi connectivity index (χ1n) is 9.54. The first-order chi connectivity index (χ1) is 10.7. The van der Waals surface area contributed by atoms with Crippen LogP contribution in [-0.4, -0.2) is 23.3 Å². The summed E-state index contributed by atoms with van der Waals surface area (Å²) in [5.41, 5.74) is -0.939. The number of rotatable bonds is 7. The minimum Gasteiger partial charge on any atom is -0.479 e. The fourth-order valence-corrected chi connectivity index (χ4v) is 5.22. The van der Waals surface area contributed by atoms with Crippen LogP contribution in [0.3, 0.4) is 0 Å². The summed E-state index contributed by atoms with van der Waals surface area (Å²) in [4.78, 5) is 12.4. The zero-order valence-corrected chi connectivity index (χ0v) is 14.5. The van der Waals surface area contributed by atoms with Crippen LogP contribution in [0, 0.1) is 17.8 Å². The van der Waals surface area contributed by atoms with E-state index in [4.69, 9.17) is 4.74 Å². The lowest BCUT2D eigenvalue weighted by Crippen LogP contribution is -2.57. The van der Waals surface area contributed by atoms with Crippen LogP contribution >= 0.6 is 0 Å². The SMILES string of the molecule is CCOC(C(=O)O)(C1CCCCC1)C(CC)C1CCCCC1. The van der Waals surface area contributed by atoms with Crippen molar-refractivity contribution in [2.45, 2.75) is 90.1 Å². The highest BCUT2D eigenvalue weighted by atomic mass is 16.5. The lowest BCUT2D eigenvalue weighted by molar-refractivity contribution is -0.194. The molecule has 2 saturated carbocycles. The molecule has 2 rings (SSSR count). The van der Waals surface area contributed by atoms with E-state index in [0.717, 1.165) is 32.1 Å². The predicted molar refractivity (Wildman–Crippen MR) is 88.9 cm³/mol. The van der Waals surface area contributed by atoms with Crippen molar-refractivity contribution in [1.29, 1.82) is 0 Å². The molecule has 1 N–H and O–H groups in total. The summed E-state index contributed by atoms with van der Waals surface area (Å²) in [6.07, 6.45) is 12.7. The fraction of sp³-hybridized carbons (Fsp3) is 0.947. The Morgan fingerprint density at radius 1 is 1.05 bits per heavy atom. The number of carboxylic acid groups (broad SMARTS) is 1. The third-order valence-electron chi connectivity index (χ3n) is 6.14. The Balaban J connectivity index is 2.32. The number of carbonyl (C=O) groups is 1. The van der Waals surface area contributed by atoms with Gasteiger partial charge in [0.15, 0.2) is 5.60 Å². The van der Waals surface area contributed by atoms with E-state index in [1.807, 2.05) is 6.92 Å². The highest BCUT2D eigenvalue weighted by Gasteiger charge is 2.54. The Bertz CT molecular complexity index is 343. The van der Waals surface area contributed by atoms with Gasteiger partial charge in [0.25, 0.3) is 0 Å². The molecular formula is C19H34O3. The van der Waals surface area contributed by atoms with Gasteiger partial charge in [-0.25, -0.2) is 4.79 Å². The number of carboxylic acids is 1. The summed E-state index contributed by atoms with van der Waals surface area (Å²) in [6.45, 7) is 4.62. The molecule has 2 unspecified atom stereocenters. The summed E-state index contributed by atoms with van der Waals surface area (Å²) >= 11 is 0. The van der Waals surface area contributed by atoms with Crippen molar-refractivity contribution in [3.05, 3.63) is 0 Å². The van der Waals surface area contributed by atoms with Gasteiger partial charge in [0.1, 0.15) is 0 Å². The van der Waals surface area contributed by atoms with Gasteiger partial charge in [0.2, 0.25) is 0 Å².